The zero-order valence-corrected chi connectivity index (χ0v) is 12.6. The van der Waals surface area contributed by atoms with Crippen LogP contribution in [0.1, 0.15) is 16.8 Å². The van der Waals surface area contributed by atoms with Crippen LogP contribution in [0.3, 0.4) is 0 Å². The van der Waals surface area contributed by atoms with E-state index in [9.17, 15) is 4.79 Å². The van der Waals surface area contributed by atoms with Gasteiger partial charge in [-0.2, -0.15) is 0 Å². The molecule has 8 heteroatoms. The number of ether oxygens (including phenoxy) is 2. The maximum Gasteiger partial charge on any atom is 0.264 e. The van der Waals surface area contributed by atoms with Gasteiger partial charge in [-0.15, -0.1) is 12.4 Å². The molecule has 1 aliphatic heterocycles. The molecule has 1 aliphatic rings. The first-order chi connectivity index (χ1) is 9.19. The lowest BCUT2D eigenvalue weighted by molar-refractivity contribution is 0.0734. The van der Waals surface area contributed by atoms with Crippen molar-refractivity contribution < 1.29 is 14.3 Å². The predicted molar refractivity (Wildman–Crippen MR) is 75.8 cm³/mol. The number of methoxy groups -OCH3 is 2. The highest BCUT2D eigenvalue weighted by Gasteiger charge is 2.29. The topological polar surface area (TPSA) is 76.6 Å². The number of amides is 1. The van der Waals surface area contributed by atoms with E-state index in [1.165, 1.54) is 20.5 Å². The Morgan fingerprint density at radius 3 is 2.40 bits per heavy atom. The maximum absolute atomic E-state index is 12.5. The van der Waals surface area contributed by atoms with E-state index in [0.717, 1.165) is 19.5 Å². The van der Waals surface area contributed by atoms with Crippen molar-refractivity contribution in [3.63, 3.8) is 0 Å². The van der Waals surface area contributed by atoms with Gasteiger partial charge < -0.3 is 19.7 Å². The van der Waals surface area contributed by atoms with Crippen molar-refractivity contribution in [2.75, 3.05) is 34.4 Å². The Morgan fingerprint density at radius 1 is 1.35 bits per heavy atom. The Kier molecular flexibility index (Phi) is 5.97. The molecule has 112 valence electrons. The summed E-state index contributed by atoms with van der Waals surface area (Å²) in [6.07, 6.45) is 2.24. The summed E-state index contributed by atoms with van der Waals surface area (Å²) in [6.45, 7) is 1.71. The number of halogens is 1. The standard InChI is InChI=1S/C12H18N4O3.ClH/c1-16(8-4-5-13-6-8)12(17)9-10(18-2)14-7-15-11(9)19-3;/h7-8,13H,4-6H2,1-3H3;1H. The Hall–Kier alpha value is -1.60. The van der Waals surface area contributed by atoms with Gasteiger partial charge in [0.1, 0.15) is 6.33 Å². The average molecular weight is 303 g/mol. The minimum atomic E-state index is -0.192. The number of hydrogen-bond acceptors (Lipinski definition) is 6. The van der Waals surface area contributed by atoms with Crippen molar-refractivity contribution in [2.24, 2.45) is 0 Å². The fraction of sp³-hybridized carbons (Fsp3) is 0.583. The van der Waals surface area contributed by atoms with Crippen LogP contribution >= 0.6 is 12.4 Å². The normalized spacial score (nSPS) is 17.2. The molecule has 1 aromatic rings. The van der Waals surface area contributed by atoms with Gasteiger partial charge in [-0.25, -0.2) is 9.97 Å². The molecule has 1 atom stereocenters. The molecule has 2 heterocycles. The molecule has 0 saturated carbocycles. The second kappa shape index (κ2) is 7.25. The highest BCUT2D eigenvalue weighted by Crippen LogP contribution is 2.25. The monoisotopic (exact) mass is 302 g/mol. The van der Waals surface area contributed by atoms with Crippen molar-refractivity contribution in [1.82, 2.24) is 20.2 Å². The summed E-state index contributed by atoms with van der Waals surface area (Å²) < 4.78 is 10.3. The van der Waals surface area contributed by atoms with E-state index in [-0.39, 0.29) is 41.7 Å². The van der Waals surface area contributed by atoms with Crippen molar-refractivity contribution >= 4 is 18.3 Å². The quantitative estimate of drug-likeness (QED) is 0.865. The van der Waals surface area contributed by atoms with E-state index in [1.807, 2.05) is 0 Å². The molecule has 0 aliphatic carbocycles. The summed E-state index contributed by atoms with van der Waals surface area (Å²) in [5.41, 5.74) is 0.266. The first-order valence-electron chi connectivity index (χ1n) is 6.10. The number of aromatic nitrogens is 2. The fourth-order valence-electron chi connectivity index (χ4n) is 2.16. The molecule has 0 aromatic carbocycles. The number of nitrogens with zero attached hydrogens (tertiary/aromatic N) is 3. The van der Waals surface area contributed by atoms with Crippen molar-refractivity contribution in [3.05, 3.63) is 11.9 Å². The minimum Gasteiger partial charge on any atom is -0.480 e. The van der Waals surface area contributed by atoms with E-state index >= 15 is 0 Å². The number of carbonyl (C=O) groups excluding carboxylic acids is 1. The van der Waals surface area contributed by atoms with Crippen LogP contribution in [0, 0.1) is 0 Å². The molecule has 1 amide bonds. The second-order valence-electron chi connectivity index (χ2n) is 4.33. The van der Waals surface area contributed by atoms with Crippen LogP contribution in [0.15, 0.2) is 6.33 Å². The third-order valence-electron chi connectivity index (χ3n) is 3.28. The highest BCUT2D eigenvalue weighted by atomic mass is 35.5. The van der Waals surface area contributed by atoms with Crippen molar-refractivity contribution in [1.29, 1.82) is 0 Å². The third kappa shape index (κ3) is 3.10. The van der Waals surface area contributed by atoms with Crippen molar-refractivity contribution in [3.8, 4) is 11.8 Å². The lowest BCUT2D eigenvalue weighted by Gasteiger charge is -2.24. The Morgan fingerprint density at radius 2 is 1.95 bits per heavy atom. The van der Waals surface area contributed by atoms with Crippen LogP contribution in [0.4, 0.5) is 0 Å². The molecular formula is C12H19ClN4O3. The third-order valence-corrected chi connectivity index (χ3v) is 3.28. The molecule has 1 N–H and O–H groups in total. The summed E-state index contributed by atoms with van der Waals surface area (Å²) >= 11 is 0. The molecule has 20 heavy (non-hydrogen) atoms. The van der Waals surface area contributed by atoms with E-state index in [4.69, 9.17) is 9.47 Å². The minimum absolute atomic E-state index is 0. The van der Waals surface area contributed by atoms with Crippen LogP contribution in [-0.2, 0) is 0 Å². The summed E-state index contributed by atoms with van der Waals surface area (Å²) in [6, 6.07) is 0.169. The molecular weight excluding hydrogens is 284 g/mol. The van der Waals surface area contributed by atoms with E-state index < -0.39 is 0 Å². The molecule has 0 bridgehead atoms. The summed E-state index contributed by atoms with van der Waals surface area (Å²) in [7, 11) is 4.71. The molecule has 1 fully saturated rings. The number of nitrogens with one attached hydrogen (secondary N) is 1. The summed E-state index contributed by atoms with van der Waals surface area (Å²) in [4.78, 5) is 22.2. The largest absolute Gasteiger partial charge is 0.480 e. The SMILES string of the molecule is COc1ncnc(OC)c1C(=O)N(C)C1CCNC1.Cl. The van der Waals surface area contributed by atoms with Crippen LogP contribution in [-0.4, -0.2) is 61.2 Å². The van der Waals surface area contributed by atoms with Crippen LogP contribution in [0.25, 0.3) is 0 Å². The number of hydrogen-bond donors (Lipinski definition) is 1. The van der Waals surface area contributed by atoms with Gasteiger partial charge >= 0.3 is 0 Å². The Labute approximate surface area is 124 Å². The molecule has 1 aromatic heterocycles. The lowest BCUT2D eigenvalue weighted by atomic mass is 10.2. The van der Waals surface area contributed by atoms with Crippen LogP contribution < -0.4 is 14.8 Å². The van der Waals surface area contributed by atoms with Gasteiger partial charge in [0.2, 0.25) is 11.8 Å². The zero-order chi connectivity index (χ0) is 13.8. The van der Waals surface area contributed by atoms with Crippen LogP contribution in [0.5, 0.6) is 11.8 Å². The molecule has 1 unspecified atom stereocenters. The van der Waals surface area contributed by atoms with Gasteiger partial charge in [0.15, 0.2) is 5.56 Å². The zero-order valence-electron chi connectivity index (χ0n) is 11.8. The maximum atomic E-state index is 12.5. The van der Waals surface area contributed by atoms with Gasteiger partial charge in [-0.05, 0) is 13.0 Å². The molecule has 1 saturated heterocycles. The number of likely N-dealkylation sites (N-methyl/N-ethyl adjacent to an activating group) is 1. The van der Waals surface area contributed by atoms with Gasteiger partial charge in [0.05, 0.1) is 14.2 Å². The lowest BCUT2D eigenvalue weighted by Crippen LogP contribution is -2.38. The molecule has 0 radical (unpaired) electrons. The average Bonchev–Trinajstić information content (AvgIpc) is 2.98. The first-order valence-corrected chi connectivity index (χ1v) is 6.10. The van der Waals surface area contributed by atoms with E-state index in [0.29, 0.717) is 0 Å². The van der Waals surface area contributed by atoms with Gasteiger partial charge in [-0.3, -0.25) is 4.79 Å². The van der Waals surface area contributed by atoms with Crippen LogP contribution in [0.2, 0.25) is 0 Å². The van der Waals surface area contributed by atoms with Gasteiger partial charge in [0, 0.05) is 19.6 Å². The Balaban J connectivity index is 0.00000200. The van der Waals surface area contributed by atoms with Gasteiger partial charge in [-0.1, -0.05) is 0 Å². The summed E-state index contributed by atoms with van der Waals surface area (Å²) in [5.74, 6) is 0.271. The second-order valence-corrected chi connectivity index (χ2v) is 4.33. The predicted octanol–water partition coefficient (Wildman–Crippen LogP) is 0.349. The molecule has 2 rings (SSSR count). The number of rotatable bonds is 4. The smallest absolute Gasteiger partial charge is 0.264 e. The highest BCUT2D eigenvalue weighted by molar-refractivity contribution is 5.98. The van der Waals surface area contributed by atoms with E-state index in [1.54, 1.807) is 11.9 Å². The summed E-state index contributed by atoms with van der Waals surface area (Å²) in [5, 5.41) is 3.23. The van der Waals surface area contributed by atoms with E-state index in [2.05, 4.69) is 15.3 Å². The number of carbonyl (C=O) groups is 1. The molecule has 7 nitrogen and oxygen atoms in total. The molecule has 0 spiro atoms. The first kappa shape index (κ1) is 16.5. The van der Waals surface area contributed by atoms with Gasteiger partial charge in [0.25, 0.3) is 5.91 Å². The Bertz CT molecular complexity index is 444. The fourth-order valence-corrected chi connectivity index (χ4v) is 2.16. The van der Waals surface area contributed by atoms with Crippen molar-refractivity contribution in [2.45, 2.75) is 12.5 Å².